The van der Waals surface area contributed by atoms with Crippen molar-refractivity contribution in [2.75, 3.05) is 5.88 Å². The molecule has 1 heterocycles. The van der Waals surface area contributed by atoms with Crippen molar-refractivity contribution >= 4 is 34.5 Å². The number of alkyl halides is 1. The summed E-state index contributed by atoms with van der Waals surface area (Å²) in [5, 5.41) is 2.06. The van der Waals surface area contributed by atoms with Gasteiger partial charge in [-0.15, -0.1) is 22.9 Å². The molecule has 16 heavy (non-hydrogen) atoms. The Morgan fingerprint density at radius 3 is 2.56 bits per heavy atom. The Bertz CT molecular complexity index is 474. The minimum absolute atomic E-state index is 0.257. The lowest BCUT2D eigenvalue weighted by atomic mass is 10.2. The summed E-state index contributed by atoms with van der Waals surface area (Å²) in [7, 11) is 0. The fraction of sp³-hybridized carbons (Fsp3) is 0.0833. The predicted molar refractivity (Wildman–Crippen MR) is 71.8 cm³/mol. The summed E-state index contributed by atoms with van der Waals surface area (Å²) in [6, 6.07) is 12.1. The van der Waals surface area contributed by atoms with Crippen LogP contribution in [0.1, 0.15) is 0 Å². The summed E-state index contributed by atoms with van der Waals surface area (Å²) in [6.07, 6.45) is 0. The number of thiophene rings is 1. The quantitative estimate of drug-likeness (QED) is 0.504. The van der Waals surface area contributed by atoms with Crippen LogP contribution in [0, 0.1) is 0 Å². The zero-order chi connectivity index (χ0) is 11.4. The van der Waals surface area contributed by atoms with Crippen molar-refractivity contribution in [3.63, 3.8) is 0 Å². The maximum absolute atomic E-state index is 5.56. The maximum atomic E-state index is 5.56. The molecular formula is C12H11ClN2S. The van der Waals surface area contributed by atoms with E-state index in [1.165, 1.54) is 10.4 Å². The minimum Gasteiger partial charge on any atom is -0.386 e. The number of amidine groups is 1. The lowest BCUT2D eigenvalue weighted by molar-refractivity contribution is 1.45. The molecule has 4 heteroatoms. The number of halogens is 1. The van der Waals surface area contributed by atoms with Gasteiger partial charge in [-0.2, -0.15) is 0 Å². The third kappa shape index (κ3) is 2.62. The summed E-state index contributed by atoms with van der Waals surface area (Å²) >= 11 is 7.28. The number of rotatable bonds is 3. The molecule has 0 radical (unpaired) electrons. The van der Waals surface area contributed by atoms with Crippen LogP contribution < -0.4 is 5.73 Å². The van der Waals surface area contributed by atoms with E-state index in [1.807, 2.05) is 30.3 Å². The van der Waals surface area contributed by atoms with E-state index in [2.05, 4.69) is 16.4 Å². The molecule has 0 saturated carbocycles. The number of nitrogens with two attached hydrogens (primary N) is 1. The van der Waals surface area contributed by atoms with Gasteiger partial charge < -0.3 is 5.73 Å². The van der Waals surface area contributed by atoms with E-state index in [0.717, 1.165) is 5.69 Å². The second kappa shape index (κ2) is 5.14. The Morgan fingerprint density at radius 1 is 1.25 bits per heavy atom. The summed E-state index contributed by atoms with van der Waals surface area (Å²) < 4.78 is 0. The molecular weight excluding hydrogens is 240 g/mol. The highest BCUT2D eigenvalue weighted by atomic mass is 35.5. The molecule has 2 N–H and O–H groups in total. The van der Waals surface area contributed by atoms with E-state index >= 15 is 0 Å². The summed E-state index contributed by atoms with van der Waals surface area (Å²) in [6.45, 7) is 0. The van der Waals surface area contributed by atoms with Crippen LogP contribution in [-0.4, -0.2) is 11.7 Å². The second-order valence-electron chi connectivity index (χ2n) is 3.26. The first-order chi connectivity index (χ1) is 7.79. The topological polar surface area (TPSA) is 38.4 Å². The standard InChI is InChI=1S/C12H11ClN2S/c13-8-12(14)15-10-5-3-9(4-6-10)11-2-1-7-16-11/h1-7H,8H2,(H2,14,15). The van der Waals surface area contributed by atoms with Crippen LogP contribution in [0.3, 0.4) is 0 Å². The molecule has 0 bridgehead atoms. The van der Waals surface area contributed by atoms with Crippen molar-refractivity contribution in [1.29, 1.82) is 0 Å². The average Bonchev–Trinajstić information content (AvgIpc) is 2.83. The molecule has 0 unspecified atom stereocenters. The number of hydrogen-bond acceptors (Lipinski definition) is 2. The van der Waals surface area contributed by atoms with Crippen molar-refractivity contribution in [2.24, 2.45) is 10.7 Å². The minimum atomic E-state index is 0.257. The van der Waals surface area contributed by atoms with Crippen LogP contribution in [0.15, 0.2) is 46.8 Å². The molecule has 0 spiro atoms. The third-order valence-electron chi connectivity index (χ3n) is 2.08. The first-order valence-electron chi connectivity index (χ1n) is 4.82. The average molecular weight is 251 g/mol. The van der Waals surface area contributed by atoms with Gasteiger partial charge in [0.05, 0.1) is 11.6 Å². The molecule has 0 atom stereocenters. The first-order valence-corrected chi connectivity index (χ1v) is 6.24. The monoisotopic (exact) mass is 250 g/mol. The van der Waals surface area contributed by atoms with Gasteiger partial charge in [0.2, 0.25) is 0 Å². The van der Waals surface area contributed by atoms with Crippen molar-refractivity contribution in [1.82, 2.24) is 0 Å². The van der Waals surface area contributed by atoms with E-state index in [4.69, 9.17) is 17.3 Å². The predicted octanol–water partition coefficient (Wildman–Crippen LogP) is 3.64. The molecule has 82 valence electrons. The SMILES string of the molecule is NC(CCl)=Nc1ccc(-c2cccs2)cc1. The van der Waals surface area contributed by atoms with E-state index in [1.54, 1.807) is 11.3 Å². The highest BCUT2D eigenvalue weighted by molar-refractivity contribution is 7.13. The molecule has 0 saturated heterocycles. The van der Waals surface area contributed by atoms with Gasteiger partial charge in [0.15, 0.2) is 0 Å². The Kier molecular flexibility index (Phi) is 3.59. The number of hydrogen-bond donors (Lipinski definition) is 1. The Labute approximate surface area is 103 Å². The van der Waals surface area contributed by atoms with Crippen molar-refractivity contribution in [2.45, 2.75) is 0 Å². The molecule has 2 aromatic rings. The fourth-order valence-electron chi connectivity index (χ4n) is 1.34. The highest BCUT2D eigenvalue weighted by Gasteiger charge is 1.98. The van der Waals surface area contributed by atoms with Gasteiger partial charge in [0.25, 0.3) is 0 Å². The zero-order valence-corrected chi connectivity index (χ0v) is 10.1. The molecule has 0 aliphatic heterocycles. The normalized spacial score (nSPS) is 11.7. The molecule has 0 amide bonds. The zero-order valence-electron chi connectivity index (χ0n) is 8.56. The van der Waals surface area contributed by atoms with E-state index < -0.39 is 0 Å². The lowest BCUT2D eigenvalue weighted by Crippen LogP contribution is -2.12. The van der Waals surface area contributed by atoms with Gasteiger partial charge in [-0.3, -0.25) is 0 Å². The molecule has 1 aromatic carbocycles. The lowest BCUT2D eigenvalue weighted by Gasteiger charge is -1.99. The van der Waals surface area contributed by atoms with Gasteiger partial charge in [-0.25, -0.2) is 4.99 Å². The van der Waals surface area contributed by atoms with E-state index in [-0.39, 0.29) is 5.88 Å². The van der Waals surface area contributed by atoms with Crippen molar-refractivity contribution in [3.8, 4) is 10.4 Å². The maximum Gasteiger partial charge on any atom is 0.115 e. The Balaban J connectivity index is 2.23. The van der Waals surface area contributed by atoms with E-state index in [9.17, 15) is 0 Å². The van der Waals surface area contributed by atoms with Crippen LogP contribution in [0.25, 0.3) is 10.4 Å². The Morgan fingerprint density at radius 2 is 2.00 bits per heavy atom. The molecule has 2 rings (SSSR count). The molecule has 0 aliphatic carbocycles. The largest absolute Gasteiger partial charge is 0.386 e. The smallest absolute Gasteiger partial charge is 0.115 e. The molecule has 1 aromatic heterocycles. The summed E-state index contributed by atoms with van der Waals surface area (Å²) in [5.41, 5.74) is 7.58. The molecule has 2 nitrogen and oxygen atoms in total. The number of aliphatic imine (C=N–C) groups is 1. The van der Waals surface area contributed by atoms with Crippen LogP contribution in [0.2, 0.25) is 0 Å². The number of nitrogens with zero attached hydrogens (tertiary/aromatic N) is 1. The summed E-state index contributed by atoms with van der Waals surface area (Å²) in [4.78, 5) is 5.42. The summed E-state index contributed by atoms with van der Waals surface area (Å²) in [5.74, 6) is 0.692. The van der Waals surface area contributed by atoms with Crippen LogP contribution in [0.4, 0.5) is 5.69 Å². The van der Waals surface area contributed by atoms with Gasteiger partial charge in [0, 0.05) is 4.88 Å². The van der Waals surface area contributed by atoms with Crippen LogP contribution >= 0.6 is 22.9 Å². The molecule has 0 fully saturated rings. The van der Waals surface area contributed by atoms with Crippen molar-refractivity contribution < 1.29 is 0 Å². The Hall–Kier alpha value is -1.32. The van der Waals surface area contributed by atoms with Crippen LogP contribution in [-0.2, 0) is 0 Å². The van der Waals surface area contributed by atoms with E-state index in [0.29, 0.717) is 5.84 Å². The fourth-order valence-corrected chi connectivity index (χ4v) is 2.13. The van der Waals surface area contributed by atoms with Gasteiger partial charge in [-0.1, -0.05) is 18.2 Å². The number of benzene rings is 1. The van der Waals surface area contributed by atoms with Crippen LogP contribution in [0.5, 0.6) is 0 Å². The van der Waals surface area contributed by atoms with Gasteiger partial charge in [-0.05, 0) is 29.1 Å². The molecule has 0 aliphatic rings. The third-order valence-corrected chi connectivity index (χ3v) is 3.28. The first kappa shape index (κ1) is 11.2. The van der Waals surface area contributed by atoms with Crippen molar-refractivity contribution in [3.05, 3.63) is 41.8 Å². The second-order valence-corrected chi connectivity index (χ2v) is 4.48. The van der Waals surface area contributed by atoms with Gasteiger partial charge >= 0.3 is 0 Å². The highest BCUT2D eigenvalue weighted by Crippen LogP contribution is 2.26. The van der Waals surface area contributed by atoms with Gasteiger partial charge in [0.1, 0.15) is 5.84 Å².